The molecular weight excluding hydrogens is 284 g/mol. The number of fused-ring (bicyclic) bond motifs is 3. The zero-order valence-electron chi connectivity index (χ0n) is 12.8. The molecule has 0 unspecified atom stereocenters. The number of nitrogens with one attached hydrogen (secondary N) is 1. The standard InChI is InChI=1S/C15H18N4O3/c1-15(2,3)22-14(20)17-11-6-4-5-10-12(11)21-8-7-19-9-16-18-13(10)19/h4-6,9H,7-8H2,1-3H3,(H,17,20). The largest absolute Gasteiger partial charge is 0.489 e. The number of para-hydroxylation sites is 1. The van der Waals surface area contributed by atoms with Gasteiger partial charge in [0.2, 0.25) is 0 Å². The molecule has 7 heteroatoms. The van der Waals surface area contributed by atoms with Gasteiger partial charge in [-0.05, 0) is 32.9 Å². The molecule has 0 fully saturated rings. The Morgan fingerprint density at radius 3 is 3.00 bits per heavy atom. The van der Waals surface area contributed by atoms with Crippen LogP contribution in [0.5, 0.6) is 5.75 Å². The predicted octanol–water partition coefficient (Wildman–Crippen LogP) is 2.68. The molecule has 0 aliphatic carbocycles. The van der Waals surface area contributed by atoms with E-state index in [1.165, 1.54) is 0 Å². The van der Waals surface area contributed by atoms with Crippen LogP contribution in [0.2, 0.25) is 0 Å². The predicted molar refractivity (Wildman–Crippen MR) is 80.8 cm³/mol. The van der Waals surface area contributed by atoms with E-state index in [0.29, 0.717) is 24.6 Å². The minimum atomic E-state index is -0.559. The molecule has 0 saturated heterocycles. The maximum atomic E-state index is 12.0. The van der Waals surface area contributed by atoms with E-state index in [-0.39, 0.29) is 0 Å². The van der Waals surface area contributed by atoms with Crippen molar-refractivity contribution in [2.75, 3.05) is 11.9 Å². The zero-order chi connectivity index (χ0) is 15.7. The van der Waals surface area contributed by atoms with Crippen LogP contribution in [0.3, 0.4) is 0 Å². The Morgan fingerprint density at radius 2 is 2.23 bits per heavy atom. The van der Waals surface area contributed by atoms with Gasteiger partial charge in [0.25, 0.3) is 0 Å². The van der Waals surface area contributed by atoms with Gasteiger partial charge in [-0.3, -0.25) is 5.32 Å². The number of nitrogens with zero attached hydrogens (tertiary/aromatic N) is 3. The van der Waals surface area contributed by atoms with Crippen LogP contribution in [0.1, 0.15) is 20.8 Å². The van der Waals surface area contributed by atoms with Gasteiger partial charge in [0.05, 0.1) is 17.8 Å². The summed E-state index contributed by atoms with van der Waals surface area (Å²) < 4.78 is 13.0. The fourth-order valence-corrected chi connectivity index (χ4v) is 2.25. The van der Waals surface area contributed by atoms with Gasteiger partial charge in [-0.1, -0.05) is 6.07 Å². The molecule has 1 N–H and O–H groups in total. The Balaban J connectivity index is 1.93. The van der Waals surface area contributed by atoms with Gasteiger partial charge in [0, 0.05) is 0 Å². The lowest BCUT2D eigenvalue weighted by atomic mass is 10.1. The molecule has 0 atom stereocenters. The smallest absolute Gasteiger partial charge is 0.412 e. The van der Waals surface area contributed by atoms with Crippen molar-refractivity contribution in [2.45, 2.75) is 32.9 Å². The number of benzene rings is 1. The lowest BCUT2D eigenvalue weighted by molar-refractivity contribution is 0.0635. The van der Waals surface area contributed by atoms with Crippen LogP contribution < -0.4 is 10.1 Å². The van der Waals surface area contributed by atoms with E-state index in [0.717, 1.165) is 11.4 Å². The van der Waals surface area contributed by atoms with E-state index in [4.69, 9.17) is 9.47 Å². The van der Waals surface area contributed by atoms with Crippen LogP contribution in [0.25, 0.3) is 11.4 Å². The minimum Gasteiger partial charge on any atom is -0.489 e. The highest BCUT2D eigenvalue weighted by Crippen LogP contribution is 2.37. The first-order valence-electron chi connectivity index (χ1n) is 7.08. The first kappa shape index (κ1) is 14.4. The number of amides is 1. The number of hydrogen-bond acceptors (Lipinski definition) is 5. The monoisotopic (exact) mass is 302 g/mol. The topological polar surface area (TPSA) is 78.3 Å². The first-order chi connectivity index (χ1) is 10.4. The molecule has 0 saturated carbocycles. The Kier molecular flexibility index (Phi) is 3.48. The van der Waals surface area contributed by atoms with Crippen molar-refractivity contribution in [1.29, 1.82) is 0 Å². The molecule has 1 aliphatic heterocycles. The normalized spacial score (nSPS) is 13.4. The second-order valence-electron chi connectivity index (χ2n) is 6.01. The van der Waals surface area contributed by atoms with Gasteiger partial charge in [-0.25, -0.2) is 4.79 Å². The van der Waals surface area contributed by atoms with Gasteiger partial charge in [0.1, 0.15) is 18.5 Å². The first-order valence-corrected chi connectivity index (χ1v) is 7.08. The minimum absolute atomic E-state index is 0.477. The summed E-state index contributed by atoms with van der Waals surface area (Å²) in [5.41, 5.74) is 0.795. The van der Waals surface area contributed by atoms with E-state index in [1.54, 1.807) is 12.4 Å². The van der Waals surface area contributed by atoms with Crippen LogP contribution >= 0.6 is 0 Å². The van der Waals surface area contributed by atoms with E-state index >= 15 is 0 Å². The highest BCUT2D eigenvalue weighted by Gasteiger charge is 2.22. The number of ether oxygens (including phenoxy) is 2. The van der Waals surface area contributed by atoms with Gasteiger partial charge in [0.15, 0.2) is 11.6 Å². The lowest BCUT2D eigenvalue weighted by Gasteiger charge is -2.20. The van der Waals surface area contributed by atoms with E-state index < -0.39 is 11.7 Å². The van der Waals surface area contributed by atoms with Crippen molar-refractivity contribution in [3.8, 4) is 17.1 Å². The lowest BCUT2D eigenvalue weighted by Crippen LogP contribution is -2.27. The summed E-state index contributed by atoms with van der Waals surface area (Å²) >= 11 is 0. The van der Waals surface area contributed by atoms with Crippen LogP contribution in [0.4, 0.5) is 10.5 Å². The molecule has 1 aromatic carbocycles. The third kappa shape index (κ3) is 2.88. The summed E-state index contributed by atoms with van der Waals surface area (Å²) in [7, 11) is 0. The molecule has 0 bridgehead atoms. The third-order valence-electron chi connectivity index (χ3n) is 3.09. The summed E-state index contributed by atoms with van der Waals surface area (Å²) in [5, 5.41) is 10.8. The second kappa shape index (κ2) is 5.32. The Bertz CT molecular complexity index is 703. The molecule has 2 aromatic rings. The van der Waals surface area contributed by atoms with E-state index in [9.17, 15) is 4.79 Å². The van der Waals surface area contributed by atoms with Crippen LogP contribution in [-0.4, -0.2) is 33.1 Å². The highest BCUT2D eigenvalue weighted by molar-refractivity contribution is 5.89. The summed E-state index contributed by atoms with van der Waals surface area (Å²) in [5.74, 6) is 1.31. The van der Waals surface area contributed by atoms with Crippen molar-refractivity contribution in [1.82, 2.24) is 14.8 Å². The molecule has 2 heterocycles. The van der Waals surface area contributed by atoms with Crippen LogP contribution in [-0.2, 0) is 11.3 Å². The molecule has 0 radical (unpaired) electrons. The van der Waals surface area contributed by atoms with E-state index in [1.807, 2.05) is 37.5 Å². The number of aromatic nitrogens is 3. The zero-order valence-corrected chi connectivity index (χ0v) is 12.8. The summed E-state index contributed by atoms with van der Waals surface area (Å²) in [6, 6.07) is 5.50. The Hall–Kier alpha value is -2.57. The molecule has 0 spiro atoms. The van der Waals surface area contributed by atoms with Gasteiger partial charge in [-0.15, -0.1) is 10.2 Å². The molecule has 22 heavy (non-hydrogen) atoms. The van der Waals surface area contributed by atoms with Gasteiger partial charge < -0.3 is 14.0 Å². The van der Waals surface area contributed by atoms with Crippen LogP contribution in [0, 0.1) is 0 Å². The fraction of sp³-hybridized carbons (Fsp3) is 0.400. The van der Waals surface area contributed by atoms with Gasteiger partial charge >= 0.3 is 6.09 Å². The molecule has 116 valence electrons. The molecule has 1 aliphatic rings. The van der Waals surface area contributed by atoms with Crippen molar-refractivity contribution in [3.05, 3.63) is 24.5 Å². The average molecular weight is 302 g/mol. The Morgan fingerprint density at radius 1 is 1.41 bits per heavy atom. The molecule has 7 nitrogen and oxygen atoms in total. The molecule has 1 amide bonds. The Labute approximate surface area is 128 Å². The van der Waals surface area contributed by atoms with Crippen molar-refractivity contribution in [2.24, 2.45) is 0 Å². The number of anilines is 1. The van der Waals surface area contributed by atoms with Crippen LogP contribution in [0.15, 0.2) is 24.5 Å². The number of carbonyl (C=O) groups is 1. The SMILES string of the molecule is CC(C)(C)OC(=O)Nc1cccc2c1OCCn1cnnc1-2. The average Bonchev–Trinajstić information content (AvgIpc) is 2.79. The fourth-order valence-electron chi connectivity index (χ4n) is 2.25. The maximum absolute atomic E-state index is 12.0. The highest BCUT2D eigenvalue weighted by atomic mass is 16.6. The maximum Gasteiger partial charge on any atom is 0.412 e. The van der Waals surface area contributed by atoms with Crippen molar-refractivity contribution in [3.63, 3.8) is 0 Å². The summed E-state index contributed by atoms with van der Waals surface area (Å²) in [4.78, 5) is 12.0. The number of hydrogen-bond donors (Lipinski definition) is 1. The number of rotatable bonds is 1. The van der Waals surface area contributed by atoms with Gasteiger partial charge in [-0.2, -0.15) is 0 Å². The molecular formula is C15H18N4O3. The quantitative estimate of drug-likeness (QED) is 0.876. The van der Waals surface area contributed by atoms with Crippen molar-refractivity contribution < 1.29 is 14.3 Å². The number of carbonyl (C=O) groups excluding carboxylic acids is 1. The molecule has 1 aromatic heterocycles. The second-order valence-corrected chi connectivity index (χ2v) is 6.01. The molecule has 3 rings (SSSR count). The summed E-state index contributed by atoms with van der Waals surface area (Å²) in [6.07, 6.45) is 1.15. The summed E-state index contributed by atoms with van der Waals surface area (Å²) in [6.45, 7) is 6.58. The third-order valence-corrected chi connectivity index (χ3v) is 3.09. The van der Waals surface area contributed by atoms with E-state index in [2.05, 4.69) is 15.5 Å². The van der Waals surface area contributed by atoms with Crippen molar-refractivity contribution >= 4 is 11.8 Å².